The van der Waals surface area contributed by atoms with Crippen molar-refractivity contribution in [3.8, 4) is 0 Å². The lowest BCUT2D eigenvalue weighted by molar-refractivity contribution is -0.121. The fourth-order valence-corrected chi connectivity index (χ4v) is 3.28. The van der Waals surface area contributed by atoms with E-state index in [9.17, 15) is 4.79 Å². The van der Waals surface area contributed by atoms with Crippen LogP contribution in [0, 0.1) is 0 Å². The van der Waals surface area contributed by atoms with Crippen LogP contribution in [0.4, 0.5) is 0 Å². The number of benzene rings is 1. The summed E-state index contributed by atoms with van der Waals surface area (Å²) in [7, 11) is 0. The summed E-state index contributed by atoms with van der Waals surface area (Å²) in [4.78, 5) is 12.8. The minimum atomic E-state index is 0. The molecular formula is C14H20Cl2N2OS. The molecule has 1 fully saturated rings. The van der Waals surface area contributed by atoms with Crippen LogP contribution in [0.25, 0.3) is 0 Å². The Morgan fingerprint density at radius 2 is 2.25 bits per heavy atom. The summed E-state index contributed by atoms with van der Waals surface area (Å²) in [5.41, 5.74) is 0. The Hall–Kier alpha value is -0.420. The highest BCUT2D eigenvalue weighted by molar-refractivity contribution is 7.99. The molecule has 1 aromatic carbocycles. The van der Waals surface area contributed by atoms with Crippen LogP contribution in [0.1, 0.15) is 19.3 Å². The molecule has 2 N–H and O–H groups in total. The number of rotatable bonds is 5. The van der Waals surface area contributed by atoms with E-state index in [-0.39, 0.29) is 18.3 Å². The largest absolute Gasteiger partial charge is 0.352 e. The molecule has 1 aliphatic rings. The van der Waals surface area contributed by atoms with Gasteiger partial charge in [-0.3, -0.25) is 4.79 Å². The van der Waals surface area contributed by atoms with Gasteiger partial charge in [0.1, 0.15) is 0 Å². The second-order valence-electron chi connectivity index (χ2n) is 4.64. The molecule has 0 bridgehead atoms. The molecule has 3 nitrogen and oxygen atoms in total. The molecular weight excluding hydrogens is 315 g/mol. The van der Waals surface area contributed by atoms with Crippen LogP contribution >= 0.6 is 35.8 Å². The Morgan fingerprint density at radius 1 is 1.45 bits per heavy atom. The summed E-state index contributed by atoms with van der Waals surface area (Å²) in [5, 5.41) is 7.12. The molecule has 0 aromatic heterocycles. The third-order valence-corrected chi connectivity index (χ3v) is 4.60. The minimum Gasteiger partial charge on any atom is -0.352 e. The number of hydrogen-bond acceptors (Lipinski definition) is 3. The van der Waals surface area contributed by atoms with E-state index in [0.29, 0.717) is 12.5 Å². The summed E-state index contributed by atoms with van der Waals surface area (Å²) in [6.45, 7) is 1.96. The number of piperidine rings is 1. The third kappa shape index (κ3) is 5.92. The number of hydrogen-bond donors (Lipinski definition) is 2. The smallest absolute Gasteiger partial charge is 0.221 e. The quantitative estimate of drug-likeness (QED) is 0.813. The monoisotopic (exact) mass is 334 g/mol. The number of halogens is 2. The molecule has 1 saturated heterocycles. The molecule has 0 aliphatic carbocycles. The van der Waals surface area contributed by atoms with Gasteiger partial charge in [0.2, 0.25) is 5.91 Å². The van der Waals surface area contributed by atoms with Crippen molar-refractivity contribution in [2.75, 3.05) is 18.8 Å². The lowest BCUT2D eigenvalue weighted by atomic mass is 10.1. The van der Waals surface area contributed by atoms with Gasteiger partial charge in [0.05, 0.1) is 5.02 Å². The number of carbonyl (C=O) groups excluding carboxylic acids is 1. The Balaban J connectivity index is 0.00000200. The molecule has 1 aliphatic heterocycles. The highest BCUT2D eigenvalue weighted by Gasteiger charge is 2.14. The molecule has 20 heavy (non-hydrogen) atoms. The molecule has 1 aromatic rings. The van der Waals surface area contributed by atoms with Crippen LogP contribution in [0.2, 0.25) is 5.02 Å². The van der Waals surface area contributed by atoms with Crippen molar-refractivity contribution in [2.45, 2.75) is 30.2 Å². The van der Waals surface area contributed by atoms with Crippen LogP contribution in [-0.4, -0.2) is 30.8 Å². The van der Waals surface area contributed by atoms with Crippen molar-refractivity contribution >= 4 is 41.7 Å². The zero-order valence-corrected chi connectivity index (χ0v) is 13.6. The Morgan fingerprint density at radius 3 is 2.95 bits per heavy atom. The molecule has 0 radical (unpaired) electrons. The van der Waals surface area contributed by atoms with Gasteiger partial charge in [-0.2, -0.15) is 0 Å². The zero-order valence-electron chi connectivity index (χ0n) is 11.2. The minimum absolute atomic E-state index is 0. The summed E-state index contributed by atoms with van der Waals surface area (Å²) < 4.78 is 0. The van der Waals surface area contributed by atoms with Crippen molar-refractivity contribution in [3.05, 3.63) is 29.3 Å². The Labute approximate surface area is 135 Å². The number of amides is 1. The maximum absolute atomic E-state index is 11.8. The lowest BCUT2D eigenvalue weighted by Gasteiger charge is -2.23. The lowest BCUT2D eigenvalue weighted by Crippen LogP contribution is -2.45. The van der Waals surface area contributed by atoms with E-state index in [1.165, 1.54) is 0 Å². The maximum atomic E-state index is 11.8. The highest BCUT2D eigenvalue weighted by Crippen LogP contribution is 2.26. The molecule has 0 saturated carbocycles. The number of thioether (sulfide) groups is 1. The topological polar surface area (TPSA) is 41.1 Å². The van der Waals surface area contributed by atoms with Gasteiger partial charge in [0.15, 0.2) is 0 Å². The average molecular weight is 335 g/mol. The van der Waals surface area contributed by atoms with Gasteiger partial charge < -0.3 is 10.6 Å². The first-order chi connectivity index (χ1) is 9.25. The van der Waals surface area contributed by atoms with Crippen molar-refractivity contribution in [3.63, 3.8) is 0 Å². The number of carbonyl (C=O) groups is 1. The molecule has 2 rings (SSSR count). The van der Waals surface area contributed by atoms with E-state index >= 15 is 0 Å². The van der Waals surface area contributed by atoms with Gasteiger partial charge in [-0.15, -0.1) is 24.2 Å². The second kappa shape index (κ2) is 9.50. The van der Waals surface area contributed by atoms with Gasteiger partial charge in [-0.1, -0.05) is 23.7 Å². The van der Waals surface area contributed by atoms with Crippen LogP contribution in [0.15, 0.2) is 29.2 Å². The summed E-state index contributed by atoms with van der Waals surface area (Å²) >= 11 is 7.69. The number of nitrogens with one attached hydrogen (secondary N) is 2. The predicted molar refractivity (Wildman–Crippen MR) is 88.1 cm³/mol. The van der Waals surface area contributed by atoms with E-state index in [1.54, 1.807) is 11.8 Å². The third-order valence-electron chi connectivity index (χ3n) is 3.09. The van der Waals surface area contributed by atoms with Gasteiger partial charge in [-0.05, 0) is 31.5 Å². The molecule has 1 heterocycles. The zero-order chi connectivity index (χ0) is 13.5. The Kier molecular flexibility index (Phi) is 8.38. The van der Waals surface area contributed by atoms with Crippen molar-refractivity contribution in [1.29, 1.82) is 0 Å². The fourth-order valence-electron chi connectivity index (χ4n) is 2.09. The molecule has 0 spiro atoms. The SMILES string of the molecule is Cl.O=C(CCSc1ccccc1Cl)NC1CCCNC1. The van der Waals surface area contributed by atoms with Crippen molar-refractivity contribution < 1.29 is 4.79 Å². The molecule has 6 heteroatoms. The first kappa shape index (κ1) is 17.6. The average Bonchev–Trinajstić information content (AvgIpc) is 2.42. The summed E-state index contributed by atoms with van der Waals surface area (Å²) in [5.74, 6) is 0.892. The first-order valence-electron chi connectivity index (χ1n) is 6.63. The molecule has 1 atom stereocenters. The first-order valence-corrected chi connectivity index (χ1v) is 7.99. The predicted octanol–water partition coefficient (Wildman–Crippen LogP) is 3.11. The normalized spacial score (nSPS) is 18.1. The van der Waals surface area contributed by atoms with Gasteiger partial charge in [0.25, 0.3) is 0 Å². The summed E-state index contributed by atoms with van der Waals surface area (Å²) in [6.07, 6.45) is 2.75. The van der Waals surface area contributed by atoms with E-state index in [4.69, 9.17) is 11.6 Å². The highest BCUT2D eigenvalue weighted by atomic mass is 35.5. The maximum Gasteiger partial charge on any atom is 0.221 e. The summed E-state index contributed by atoms with van der Waals surface area (Å²) in [6, 6.07) is 8.02. The van der Waals surface area contributed by atoms with Crippen molar-refractivity contribution in [2.24, 2.45) is 0 Å². The van der Waals surface area contributed by atoms with E-state index in [2.05, 4.69) is 10.6 Å². The van der Waals surface area contributed by atoms with E-state index in [0.717, 1.165) is 41.6 Å². The second-order valence-corrected chi connectivity index (χ2v) is 6.18. The van der Waals surface area contributed by atoms with Crippen LogP contribution in [-0.2, 0) is 4.79 Å². The fraction of sp³-hybridized carbons (Fsp3) is 0.500. The molecule has 112 valence electrons. The Bertz CT molecular complexity index is 425. The van der Waals surface area contributed by atoms with E-state index in [1.807, 2.05) is 24.3 Å². The van der Waals surface area contributed by atoms with Crippen LogP contribution < -0.4 is 10.6 Å². The van der Waals surface area contributed by atoms with Gasteiger partial charge in [0, 0.05) is 29.7 Å². The van der Waals surface area contributed by atoms with Crippen molar-refractivity contribution in [1.82, 2.24) is 10.6 Å². The van der Waals surface area contributed by atoms with Crippen LogP contribution in [0.3, 0.4) is 0 Å². The van der Waals surface area contributed by atoms with Gasteiger partial charge >= 0.3 is 0 Å². The molecule has 1 unspecified atom stereocenters. The van der Waals surface area contributed by atoms with Crippen LogP contribution in [0.5, 0.6) is 0 Å². The van der Waals surface area contributed by atoms with Gasteiger partial charge in [-0.25, -0.2) is 0 Å². The standard InChI is InChI=1S/C14H19ClN2OS.ClH/c15-12-5-1-2-6-13(12)19-9-7-14(18)17-11-4-3-8-16-10-11;/h1-2,5-6,11,16H,3-4,7-10H2,(H,17,18);1H. The van der Waals surface area contributed by atoms with E-state index < -0.39 is 0 Å². The molecule has 1 amide bonds.